The first kappa shape index (κ1) is 28.5. The van der Waals surface area contributed by atoms with Crippen LogP contribution in [-0.4, -0.2) is 38.3 Å². The number of rotatable bonds is 11. The zero-order valence-electron chi connectivity index (χ0n) is 19.7. The predicted molar refractivity (Wildman–Crippen MR) is 141 cm³/mol. The second-order valence-corrected chi connectivity index (χ2v) is 10.9. The van der Waals surface area contributed by atoms with Crippen LogP contribution in [0.3, 0.4) is 0 Å². The van der Waals surface area contributed by atoms with Crippen LogP contribution >= 0.6 is 23.4 Å². The van der Waals surface area contributed by atoms with Crippen LogP contribution in [0.25, 0.3) is 0 Å². The number of benzene rings is 3. The largest absolute Gasteiger partial charge is 0.488 e. The molecule has 37 heavy (non-hydrogen) atoms. The Morgan fingerprint density at radius 2 is 1.68 bits per heavy atom. The van der Waals surface area contributed by atoms with E-state index in [4.69, 9.17) is 16.3 Å². The van der Waals surface area contributed by atoms with Crippen LogP contribution in [0.5, 0.6) is 5.75 Å². The first-order valence-electron chi connectivity index (χ1n) is 11.0. The molecule has 0 aromatic heterocycles. The van der Waals surface area contributed by atoms with E-state index in [9.17, 15) is 22.4 Å². The van der Waals surface area contributed by atoms with Crippen LogP contribution in [0.15, 0.2) is 77.7 Å². The van der Waals surface area contributed by atoms with E-state index in [1.54, 1.807) is 30.3 Å². The molecule has 0 fully saturated rings. The van der Waals surface area contributed by atoms with Gasteiger partial charge in [-0.25, -0.2) is 12.8 Å². The first-order chi connectivity index (χ1) is 17.7. The number of carbonyl (C=O) groups is 2. The molecule has 3 aromatic carbocycles. The van der Waals surface area contributed by atoms with Crippen LogP contribution in [0, 0.1) is 5.82 Å². The van der Waals surface area contributed by atoms with Crippen LogP contribution in [-0.2, 0) is 21.4 Å². The van der Waals surface area contributed by atoms with Gasteiger partial charge in [-0.1, -0.05) is 35.9 Å². The fourth-order valence-corrected chi connectivity index (χ4v) is 4.97. The molecule has 3 N–H and O–H groups in total. The standard InChI is InChI=1S/C25H25ClFN3O5S2/c1-36-15-14-22(30-37(33,34)20-12-8-18(26)9-13-20)25(32)29-28-24(31)21-4-2-3-5-23(21)35-16-17-6-10-19(27)11-7-17/h2-13,22,30H,14-16H2,1H3,(H,28,31)(H,29,32). The quantitative estimate of drug-likeness (QED) is 0.304. The molecule has 0 saturated carbocycles. The molecule has 196 valence electrons. The molecular formula is C25H25ClFN3O5S2. The van der Waals surface area contributed by atoms with E-state index >= 15 is 0 Å². The predicted octanol–water partition coefficient (Wildman–Crippen LogP) is 3.92. The number of para-hydroxylation sites is 1. The van der Waals surface area contributed by atoms with Crippen molar-refractivity contribution in [2.75, 3.05) is 12.0 Å². The van der Waals surface area contributed by atoms with Crippen molar-refractivity contribution < 1.29 is 27.1 Å². The van der Waals surface area contributed by atoms with E-state index in [0.29, 0.717) is 16.3 Å². The number of thioether (sulfide) groups is 1. The van der Waals surface area contributed by atoms with Gasteiger partial charge in [0.15, 0.2) is 0 Å². The van der Waals surface area contributed by atoms with Crippen molar-refractivity contribution in [3.8, 4) is 5.75 Å². The van der Waals surface area contributed by atoms with Gasteiger partial charge in [0.05, 0.1) is 10.5 Å². The van der Waals surface area contributed by atoms with Gasteiger partial charge in [0.2, 0.25) is 10.0 Å². The number of hydrogen-bond acceptors (Lipinski definition) is 6. The second kappa shape index (κ2) is 13.4. The molecule has 8 nitrogen and oxygen atoms in total. The summed E-state index contributed by atoms with van der Waals surface area (Å²) < 4.78 is 46.7. The van der Waals surface area contributed by atoms with Gasteiger partial charge in [-0.05, 0) is 72.5 Å². The molecule has 3 aromatic rings. The normalized spacial score (nSPS) is 12.0. The lowest BCUT2D eigenvalue weighted by Crippen LogP contribution is -2.52. The summed E-state index contributed by atoms with van der Waals surface area (Å²) in [6.07, 6.45) is 2.01. The number of carbonyl (C=O) groups excluding carboxylic acids is 2. The number of halogens is 2. The summed E-state index contributed by atoms with van der Waals surface area (Å²) >= 11 is 7.27. The third-order valence-electron chi connectivity index (χ3n) is 5.09. The van der Waals surface area contributed by atoms with Crippen LogP contribution in [0.4, 0.5) is 4.39 Å². The zero-order chi connectivity index (χ0) is 26.8. The maximum atomic E-state index is 13.1. The van der Waals surface area contributed by atoms with Gasteiger partial charge in [-0.2, -0.15) is 16.5 Å². The molecule has 0 aliphatic heterocycles. The number of amides is 2. The molecule has 0 saturated heterocycles. The Hall–Kier alpha value is -3.12. The summed E-state index contributed by atoms with van der Waals surface area (Å²) in [4.78, 5) is 25.6. The van der Waals surface area contributed by atoms with E-state index in [2.05, 4.69) is 15.6 Å². The highest BCUT2D eigenvalue weighted by atomic mass is 35.5. The highest BCUT2D eigenvalue weighted by Gasteiger charge is 2.26. The smallest absolute Gasteiger partial charge is 0.273 e. The summed E-state index contributed by atoms with van der Waals surface area (Å²) in [5, 5.41) is 0.375. The van der Waals surface area contributed by atoms with Crippen molar-refractivity contribution in [2.45, 2.75) is 24.0 Å². The van der Waals surface area contributed by atoms with Crippen molar-refractivity contribution in [2.24, 2.45) is 0 Å². The van der Waals surface area contributed by atoms with Gasteiger partial charge in [0.25, 0.3) is 11.8 Å². The van der Waals surface area contributed by atoms with Crippen molar-refractivity contribution in [3.63, 3.8) is 0 Å². The number of sulfonamides is 1. The topological polar surface area (TPSA) is 114 Å². The van der Waals surface area contributed by atoms with Crippen molar-refractivity contribution in [1.82, 2.24) is 15.6 Å². The summed E-state index contributed by atoms with van der Waals surface area (Å²) in [6, 6.07) is 16.5. The maximum absolute atomic E-state index is 13.1. The molecular weight excluding hydrogens is 541 g/mol. The highest BCUT2D eigenvalue weighted by molar-refractivity contribution is 7.98. The van der Waals surface area contributed by atoms with E-state index in [-0.39, 0.29) is 35.1 Å². The van der Waals surface area contributed by atoms with Gasteiger partial charge in [-0.3, -0.25) is 20.4 Å². The van der Waals surface area contributed by atoms with Crippen LogP contribution in [0.1, 0.15) is 22.3 Å². The van der Waals surface area contributed by atoms with Gasteiger partial charge < -0.3 is 4.74 Å². The molecule has 12 heteroatoms. The number of ether oxygens (including phenoxy) is 1. The Kier molecular flexibility index (Phi) is 10.3. The molecule has 0 radical (unpaired) electrons. The SMILES string of the molecule is CSCCC(NS(=O)(=O)c1ccc(Cl)cc1)C(=O)NNC(=O)c1ccccc1OCc1ccc(F)cc1. The molecule has 0 heterocycles. The van der Waals surface area contributed by atoms with E-state index < -0.39 is 27.9 Å². The molecule has 0 aliphatic rings. The number of nitrogens with one attached hydrogen (secondary N) is 3. The third kappa shape index (κ3) is 8.46. The van der Waals surface area contributed by atoms with Crippen molar-refractivity contribution >= 4 is 45.2 Å². The maximum Gasteiger partial charge on any atom is 0.273 e. The summed E-state index contributed by atoms with van der Waals surface area (Å²) in [5.74, 6) is -1.02. The Bertz CT molecular complexity index is 1320. The Labute approximate surface area is 224 Å². The first-order valence-corrected chi connectivity index (χ1v) is 14.3. The van der Waals surface area contributed by atoms with E-state index in [1.165, 1.54) is 54.2 Å². The lowest BCUT2D eigenvalue weighted by atomic mass is 10.2. The Balaban J connectivity index is 1.65. The van der Waals surface area contributed by atoms with E-state index in [0.717, 1.165) is 0 Å². The Morgan fingerprint density at radius 3 is 2.35 bits per heavy atom. The van der Waals surface area contributed by atoms with Crippen molar-refractivity contribution in [3.05, 3.63) is 94.8 Å². The lowest BCUT2D eigenvalue weighted by molar-refractivity contribution is -0.123. The fourth-order valence-electron chi connectivity index (χ4n) is 3.14. The van der Waals surface area contributed by atoms with Gasteiger partial charge in [-0.15, -0.1) is 0 Å². The molecule has 0 aliphatic carbocycles. The van der Waals surface area contributed by atoms with Gasteiger partial charge in [0, 0.05) is 5.02 Å². The average Bonchev–Trinajstić information content (AvgIpc) is 2.89. The van der Waals surface area contributed by atoms with Gasteiger partial charge >= 0.3 is 0 Å². The van der Waals surface area contributed by atoms with E-state index in [1.807, 2.05) is 6.26 Å². The second-order valence-electron chi connectivity index (χ2n) is 7.76. The molecule has 1 atom stereocenters. The minimum atomic E-state index is -4.02. The monoisotopic (exact) mass is 565 g/mol. The summed E-state index contributed by atoms with van der Waals surface area (Å²) in [7, 11) is -4.02. The van der Waals surface area contributed by atoms with Crippen LogP contribution < -0.4 is 20.3 Å². The molecule has 3 rings (SSSR count). The molecule has 0 bridgehead atoms. The minimum Gasteiger partial charge on any atom is -0.488 e. The summed E-state index contributed by atoms with van der Waals surface area (Å²) in [6.45, 7) is 0.0974. The fraction of sp³-hybridized carbons (Fsp3) is 0.200. The highest BCUT2D eigenvalue weighted by Crippen LogP contribution is 2.20. The zero-order valence-corrected chi connectivity index (χ0v) is 22.1. The van der Waals surface area contributed by atoms with Crippen LogP contribution in [0.2, 0.25) is 5.02 Å². The third-order valence-corrected chi connectivity index (χ3v) is 7.47. The minimum absolute atomic E-state index is 0.0462. The lowest BCUT2D eigenvalue weighted by Gasteiger charge is -2.19. The number of hydrazine groups is 1. The van der Waals surface area contributed by atoms with Gasteiger partial charge in [0.1, 0.15) is 24.2 Å². The van der Waals surface area contributed by atoms with Crippen molar-refractivity contribution in [1.29, 1.82) is 0 Å². The molecule has 1 unspecified atom stereocenters. The number of hydrogen-bond donors (Lipinski definition) is 3. The Morgan fingerprint density at radius 1 is 1.00 bits per heavy atom. The molecule has 2 amide bonds. The average molecular weight is 566 g/mol. The molecule has 0 spiro atoms. The summed E-state index contributed by atoms with van der Waals surface area (Å²) in [5.41, 5.74) is 5.44.